The zero-order valence-electron chi connectivity index (χ0n) is 11.3. The summed E-state index contributed by atoms with van der Waals surface area (Å²) in [5.41, 5.74) is 0. The molecule has 2 rings (SSSR count). The number of ether oxygens (including phenoxy) is 1. The number of hydrogen-bond acceptors (Lipinski definition) is 3. The Balaban J connectivity index is 1.56. The van der Waals surface area contributed by atoms with Crippen molar-refractivity contribution >= 4 is 0 Å². The minimum Gasteiger partial charge on any atom is -0.378 e. The Hall–Kier alpha value is -0.120. The summed E-state index contributed by atoms with van der Waals surface area (Å²) in [4.78, 5) is 2.59. The first kappa shape index (κ1) is 13.3. The van der Waals surface area contributed by atoms with Crippen LogP contribution in [0.5, 0.6) is 0 Å². The lowest BCUT2D eigenvalue weighted by molar-refractivity contribution is -0.00789. The molecule has 0 radical (unpaired) electrons. The van der Waals surface area contributed by atoms with Crippen molar-refractivity contribution in [2.45, 2.75) is 45.1 Å². The van der Waals surface area contributed by atoms with Crippen molar-refractivity contribution in [1.82, 2.24) is 10.2 Å². The highest BCUT2D eigenvalue weighted by Crippen LogP contribution is 2.23. The summed E-state index contributed by atoms with van der Waals surface area (Å²) in [6.07, 6.45) is 7.01. The van der Waals surface area contributed by atoms with Gasteiger partial charge in [-0.15, -0.1) is 0 Å². The van der Waals surface area contributed by atoms with E-state index in [0.29, 0.717) is 6.04 Å². The summed E-state index contributed by atoms with van der Waals surface area (Å²) in [5.74, 6) is 0.960. The molecule has 1 heterocycles. The van der Waals surface area contributed by atoms with Crippen LogP contribution in [0.3, 0.4) is 0 Å². The summed E-state index contributed by atoms with van der Waals surface area (Å²) in [6.45, 7) is 8.79. The van der Waals surface area contributed by atoms with Gasteiger partial charge in [-0.1, -0.05) is 19.8 Å². The van der Waals surface area contributed by atoms with Gasteiger partial charge in [-0.25, -0.2) is 0 Å². The van der Waals surface area contributed by atoms with Crippen LogP contribution >= 0.6 is 0 Å². The van der Waals surface area contributed by atoms with Crippen LogP contribution in [0, 0.1) is 5.92 Å². The van der Waals surface area contributed by atoms with Gasteiger partial charge in [0, 0.05) is 25.7 Å². The molecule has 1 unspecified atom stereocenters. The highest BCUT2D eigenvalue weighted by Gasteiger charge is 2.20. The Morgan fingerprint density at radius 1 is 1.29 bits per heavy atom. The van der Waals surface area contributed by atoms with Gasteiger partial charge in [-0.2, -0.15) is 0 Å². The molecule has 0 aromatic heterocycles. The maximum Gasteiger partial charge on any atom is 0.0622 e. The van der Waals surface area contributed by atoms with Crippen LogP contribution in [-0.2, 0) is 4.74 Å². The molecule has 1 atom stereocenters. The summed E-state index contributed by atoms with van der Waals surface area (Å²) >= 11 is 0. The van der Waals surface area contributed by atoms with Crippen LogP contribution in [0.25, 0.3) is 0 Å². The van der Waals surface area contributed by atoms with Gasteiger partial charge in [0.05, 0.1) is 13.2 Å². The van der Waals surface area contributed by atoms with Crippen LogP contribution in [-0.4, -0.2) is 50.3 Å². The van der Waals surface area contributed by atoms with Crippen LogP contribution in [0.1, 0.15) is 39.0 Å². The zero-order chi connectivity index (χ0) is 11.9. The van der Waals surface area contributed by atoms with E-state index in [4.69, 9.17) is 4.74 Å². The Labute approximate surface area is 106 Å². The molecule has 2 fully saturated rings. The lowest BCUT2D eigenvalue weighted by Gasteiger charge is -2.35. The van der Waals surface area contributed by atoms with Crippen molar-refractivity contribution in [1.29, 1.82) is 0 Å². The SMILES string of the molecule is CCC1COCCN1CCNCC1CCCC1. The summed E-state index contributed by atoms with van der Waals surface area (Å²) in [6, 6.07) is 0.650. The van der Waals surface area contributed by atoms with E-state index < -0.39 is 0 Å². The predicted molar refractivity (Wildman–Crippen MR) is 71.3 cm³/mol. The number of nitrogens with zero attached hydrogens (tertiary/aromatic N) is 1. The first-order chi connectivity index (χ1) is 8.40. The molecular formula is C14H28N2O. The van der Waals surface area contributed by atoms with Crippen LogP contribution < -0.4 is 5.32 Å². The van der Waals surface area contributed by atoms with Crippen LogP contribution in [0.2, 0.25) is 0 Å². The summed E-state index contributed by atoms with van der Waals surface area (Å²) in [5, 5.41) is 3.64. The van der Waals surface area contributed by atoms with E-state index in [0.717, 1.165) is 32.2 Å². The average molecular weight is 240 g/mol. The second-order valence-corrected chi connectivity index (χ2v) is 5.53. The van der Waals surface area contributed by atoms with Gasteiger partial charge >= 0.3 is 0 Å². The highest BCUT2D eigenvalue weighted by atomic mass is 16.5. The maximum absolute atomic E-state index is 5.53. The van der Waals surface area contributed by atoms with E-state index in [-0.39, 0.29) is 0 Å². The van der Waals surface area contributed by atoms with E-state index in [1.165, 1.54) is 45.2 Å². The van der Waals surface area contributed by atoms with Gasteiger partial charge < -0.3 is 10.1 Å². The fraction of sp³-hybridized carbons (Fsp3) is 1.00. The lowest BCUT2D eigenvalue weighted by atomic mass is 10.1. The lowest BCUT2D eigenvalue weighted by Crippen LogP contribution is -2.47. The van der Waals surface area contributed by atoms with E-state index in [2.05, 4.69) is 17.1 Å². The van der Waals surface area contributed by atoms with Crippen LogP contribution in [0.4, 0.5) is 0 Å². The maximum atomic E-state index is 5.53. The Morgan fingerprint density at radius 3 is 2.88 bits per heavy atom. The van der Waals surface area contributed by atoms with E-state index in [1.54, 1.807) is 0 Å². The molecule has 2 aliphatic rings. The molecule has 17 heavy (non-hydrogen) atoms. The molecule has 0 aromatic carbocycles. The number of hydrogen-bond donors (Lipinski definition) is 1. The largest absolute Gasteiger partial charge is 0.378 e. The predicted octanol–water partition coefficient (Wildman–Crippen LogP) is 1.88. The average Bonchev–Trinajstić information content (AvgIpc) is 2.88. The molecule has 3 heteroatoms. The fourth-order valence-electron chi connectivity index (χ4n) is 3.10. The standard InChI is InChI=1S/C14H28N2O/c1-2-14-12-17-10-9-16(14)8-7-15-11-13-5-3-4-6-13/h13-15H,2-12H2,1H3. The second-order valence-electron chi connectivity index (χ2n) is 5.53. The molecule has 0 amide bonds. The fourth-order valence-corrected chi connectivity index (χ4v) is 3.10. The van der Waals surface area contributed by atoms with Crippen molar-refractivity contribution in [2.24, 2.45) is 5.92 Å². The molecule has 0 bridgehead atoms. The normalized spacial score (nSPS) is 27.7. The van der Waals surface area contributed by atoms with Gasteiger partial charge in [0.25, 0.3) is 0 Å². The minimum absolute atomic E-state index is 0.650. The van der Waals surface area contributed by atoms with Crippen molar-refractivity contribution in [3.8, 4) is 0 Å². The molecule has 1 aliphatic carbocycles. The smallest absolute Gasteiger partial charge is 0.0622 e. The molecule has 1 saturated heterocycles. The van der Waals surface area contributed by atoms with Crippen molar-refractivity contribution in [2.75, 3.05) is 39.4 Å². The minimum atomic E-state index is 0.650. The van der Waals surface area contributed by atoms with E-state index in [9.17, 15) is 0 Å². The van der Waals surface area contributed by atoms with Crippen LogP contribution in [0.15, 0.2) is 0 Å². The van der Waals surface area contributed by atoms with Gasteiger partial charge in [0.15, 0.2) is 0 Å². The molecule has 0 aromatic rings. The third kappa shape index (κ3) is 4.23. The Morgan fingerprint density at radius 2 is 2.12 bits per heavy atom. The van der Waals surface area contributed by atoms with Gasteiger partial charge in [-0.3, -0.25) is 4.90 Å². The highest BCUT2D eigenvalue weighted by molar-refractivity contribution is 4.75. The quantitative estimate of drug-likeness (QED) is 0.717. The summed E-state index contributed by atoms with van der Waals surface area (Å²) in [7, 11) is 0. The second kappa shape index (κ2) is 7.34. The topological polar surface area (TPSA) is 24.5 Å². The summed E-state index contributed by atoms with van der Waals surface area (Å²) < 4.78 is 5.53. The zero-order valence-corrected chi connectivity index (χ0v) is 11.3. The Bertz CT molecular complexity index is 204. The number of rotatable bonds is 6. The third-order valence-electron chi connectivity index (χ3n) is 4.30. The van der Waals surface area contributed by atoms with E-state index >= 15 is 0 Å². The van der Waals surface area contributed by atoms with Gasteiger partial charge in [-0.05, 0) is 31.7 Å². The first-order valence-electron chi connectivity index (χ1n) is 7.42. The molecule has 1 saturated carbocycles. The monoisotopic (exact) mass is 240 g/mol. The van der Waals surface area contributed by atoms with Crippen molar-refractivity contribution in [3.63, 3.8) is 0 Å². The molecular weight excluding hydrogens is 212 g/mol. The van der Waals surface area contributed by atoms with E-state index in [1.807, 2.05) is 0 Å². The molecule has 1 N–H and O–H groups in total. The molecule has 3 nitrogen and oxygen atoms in total. The van der Waals surface area contributed by atoms with Crippen molar-refractivity contribution in [3.05, 3.63) is 0 Å². The van der Waals surface area contributed by atoms with Gasteiger partial charge in [0.2, 0.25) is 0 Å². The number of nitrogens with one attached hydrogen (secondary N) is 1. The third-order valence-corrected chi connectivity index (χ3v) is 4.30. The molecule has 100 valence electrons. The van der Waals surface area contributed by atoms with Crippen molar-refractivity contribution < 1.29 is 4.74 Å². The Kier molecular flexibility index (Phi) is 5.75. The molecule has 0 spiro atoms. The first-order valence-corrected chi connectivity index (χ1v) is 7.42. The van der Waals surface area contributed by atoms with Gasteiger partial charge in [0.1, 0.15) is 0 Å². The molecule has 1 aliphatic heterocycles. The number of morpholine rings is 1.